The second kappa shape index (κ2) is 5.98. The van der Waals surface area contributed by atoms with Crippen molar-refractivity contribution in [1.82, 2.24) is 4.98 Å². The van der Waals surface area contributed by atoms with E-state index in [1.807, 2.05) is 30.3 Å². The molecule has 92 valence electrons. The Hall–Kier alpha value is -1.39. The third-order valence-corrected chi connectivity index (χ3v) is 3.38. The Morgan fingerprint density at radius 1 is 1.33 bits per heavy atom. The number of benzene rings is 1. The zero-order chi connectivity index (χ0) is 13.0. The molecule has 1 heterocycles. The van der Waals surface area contributed by atoms with E-state index in [0.717, 1.165) is 5.56 Å². The molecular formula is C13H9BrClNO2. The highest BCUT2D eigenvalue weighted by Crippen LogP contribution is 2.20. The maximum atomic E-state index is 11.8. The van der Waals surface area contributed by atoms with Gasteiger partial charge in [-0.2, -0.15) is 0 Å². The molecule has 5 heteroatoms. The molecule has 3 nitrogen and oxygen atoms in total. The number of nitrogens with zero attached hydrogens (tertiary/aromatic N) is 1. The number of pyridine rings is 1. The predicted molar refractivity (Wildman–Crippen MR) is 72.5 cm³/mol. The van der Waals surface area contributed by atoms with Gasteiger partial charge >= 0.3 is 5.97 Å². The molecule has 0 fully saturated rings. The van der Waals surface area contributed by atoms with E-state index in [9.17, 15) is 4.79 Å². The molecule has 1 aromatic heterocycles. The smallest absolute Gasteiger partial charge is 0.340 e. The van der Waals surface area contributed by atoms with Gasteiger partial charge in [-0.3, -0.25) is 0 Å². The third-order valence-electron chi connectivity index (χ3n) is 2.24. The normalized spacial score (nSPS) is 10.1. The van der Waals surface area contributed by atoms with E-state index < -0.39 is 5.97 Å². The lowest BCUT2D eigenvalue weighted by Gasteiger charge is -2.05. The standard InChI is InChI=1S/C13H9BrClNO2/c14-11-6-10(7-16-12(11)15)13(17)18-8-9-4-2-1-3-5-9/h1-7H,8H2. The molecule has 0 aliphatic carbocycles. The highest BCUT2D eigenvalue weighted by Gasteiger charge is 2.10. The van der Waals surface area contributed by atoms with Crippen molar-refractivity contribution in [3.63, 3.8) is 0 Å². The maximum absolute atomic E-state index is 11.8. The van der Waals surface area contributed by atoms with Crippen LogP contribution in [0.1, 0.15) is 15.9 Å². The van der Waals surface area contributed by atoms with Crippen LogP contribution < -0.4 is 0 Å². The zero-order valence-electron chi connectivity index (χ0n) is 9.27. The van der Waals surface area contributed by atoms with Crippen molar-refractivity contribution >= 4 is 33.5 Å². The average Bonchev–Trinajstić information content (AvgIpc) is 2.40. The number of esters is 1. The Morgan fingerprint density at radius 2 is 2.06 bits per heavy atom. The second-order valence-electron chi connectivity index (χ2n) is 3.56. The lowest BCUT2D eigenvalue weighted by molar-refractivity contribution is 0.0472. The number of aromatic nitrogens is 1. The van der Waals surface area contributed by atoms with E-state index in [-0.39, 0.29) is 6.61 Å². The Balaban J connectivity index is 2.02. The largest absolute Gasteiger partial charge is 0.457 e. The van der Waals surface area contributed by atoms with Crippen molar-refractivity contribution in [3.8, 4) is 0 Å². The molecule has 2 rings (SSSR count). The minimum atomic E-state index is -0.427. The summed E-state index contributed by atoms with van der Waals surface area (Å²) in [7, 11) is 0. The minimum Gasteiger partial charge on any atom is -0.457 e. The Kier molecular flexibility index (Phi) is 4.33. The number of rotatable bonds is 3. The van der Waals surface area contributed by atoms with Crippen LogP contribution in [0.5, 0.6) is 0 Å². The van der Waals surface area contributed by atoms with E-state index in [2.05, 4.69) is 20.9 Å². The molecule has 0 radical (unpaired) electrons. The number of halogens is 2. The molecule has 0 aliphatic rings. The summed E-state index contributed by atoms with van der Waals surface area (Å²) in [6.45, 7) is 0.236. The number of ether oxygens (including phenoxy) is 1. The molecule has 0 spiro atoms. The first-order valence-electron chi connectivity index (χ1n) is 5.19. The molecule has 18 heavy (non-hydrogen) atoms. The average molecular weight is 327 g/mol. The molecule has 0 saturated heterocycles. The van der Waals surface area contributed by atoms with Crippen molar-refractivity contribution in [2.45, 2.75) is 6.61 Å². The van der Waals surface area contributed by atoms with Crippen LogP contribution in [0.3, 0.4) is 0 Å². The van der Waals surface area contributed by atoms with Gasteiger partial charge < -0.3 is 4.74 Å². The lowest BCUT2D eigenvalue weighted by atomic mass is 10.2. The van der Waals surface area contributed by atoms with Gasteiger partial charge in [-0.05, 0) is 27.6 Å². The summed E-state index contributed by atoms with van der Waals surface area (Å²) >= 11 is 8.96. The summed E-state index contributed by atoms with van der Waals surface area (Å²) in [5.74, 6) is -0.427. The number of hydrogen-bond donors (Lipinski definition) is 0. The minimum absolute atomic E-state index is 0.236. The molecule has 0 amide bonds. The first-order valence-corrected chi connectivity index (χ1v) is 6.36. The number of hydrogen-bond acceptors (Lipinski definition) is 3. The Morgan fingerprint density at radius 3 is 2.72 bits per heavy atom. The van der Waals surface area contributed by atoms with Crippen molar-refractivity contribution < 1.29 is 9.53 Å². The molecule has 0 unspecified atom stereocenters. The molecule has 0 N–H and O–H groups in total. The van der Waals surface area contributed by atoms with Crippen molar-refractivity contribution in [2.75, 3.05) is 0 Å². The number of carbonyl (C=O) groups excluding carboxylic acids is 1. The van der Waals surface area contributed by atoms with E-state index in [0.29, 0.717) is 15.2 Å². The fraction of sp³-hybridized carbons (Fsp3) is 0.0769. The topological polar surface area (TPSA) is 39.2 Å². The van der Waals surface area contributed by atoms with E-state index in [1.165, 1.54) is 6.20 Å². The first-order chi connectivity index (χ1) is 8.66. The molecular weight excluding hydrogens is 318 g/mol. The summed E-state index contributed by atoms with van der Waals surface area (Å²) < 4.78 is 5.73. The maximum Gasteiger partial charge on any atom is 0.340 e. The summed E-state index contributed by atoms with van der Waals surface area (Å²) in [6, 6.07) is 11.1. The van der Waals surface area contributed by atoms with E-state index in [1.54, 1.807) is 6.07 Å². The van der Waals surface area contributed by atoms with Crippen LogP contribution in [0.4, 0.5) is 0 Å². The van der Waals surface area contributed by atoms with Gasteiger partial charge in [0.05, 0.1) is 10.0 Å². The fourth-order valence-electron chi connectivity index (χ4n) is 1.34. The monoisotopic (exact) mass is 325 g/mol. The number of carbonyl (C=O) groups is 1. The molecule has 0 saturated carbocycles. The quantitative estimate of drug-likeness (QED) is 0.635. The van der Waals surface area contributed by atoms with Gasteiger partial charge in [0.2, 0.25) is 0 Å². The molecule has 1 aromatic carbocycles. The summed E-state index contributed by atoms with van der Waals surface area (Å²) in [5.41, 5.74) is 1.30. The summed E-state index contributed by atoms with van der Waals surface area (Å²) in [6.07, 6.45) is 1.39. The second-order valence-corrected chi connectivity index (χ2v) is 4.77. The first kappa shape index (κ1) is 13.1. The van der Waals surface area contributed by atoms with Gasteiger partial charge in [-0.25, -0.2) is 9.78 Å². The van der Waals surface area contributed by atoms with Crippen LogP contribution in [-0.4, -0.2) is 11.0 Å². The van der Waals surface area contributed by atoms with Gasteiger partial charge in [0.15, 0.2) is 0 Å². The van der Waals surface area contributed by atoms with Crippen molar-refractivity contribution in [2.24, 2.45) is 0 Å². The predicted octanol–water partition coefficient (Wildman–Crippen LogP) is 3.85. The van der Waals surface area contributed by atoms with Crippen LogP contribution >= 0.6 is 27.5 Å². The SMILES string of the molecule is O=C(OCc1ccccc1)c1cnc(Cl)c(Br)c1. The van der Waals surface area contributed by atoms with Crippen molar-refractivity contribution in [1.29, 1.82) is 0 Å². The lowest BCUT2D eigenvalue weighted by Crippen LogP contribution is -2.05. The zero-order valence-corrected chi connectivity index (χ0v) is 11.6. The molecule has 0 bridgehead atoms. The van der Waals surface area contributed by atoms with Crippen LogP contribution in [0.15, 0.2) is 47.1 Å². The summed E-state index contributed by atoms with van der Waals surface area (Å²) in [5, 5.41) is 0.314. The van der Waals surface area contributed by atoms with Gasteiger partial charge in [0.25, 0.3) is 0 Å². The summed E-state index contributed by atoms with van der Waals surface area (Å²) in [4.78, 5) is 15.6. The van der Waals surface area contributed by atoms with Gasteiger partial charge in [-0.15, -0.1) is 0 Å². The van der Waals surface area contributed by atoms with Gasteiger partial charge in [0, 0.05) is 6.20 Å². The third kappa shape index (κ3) is 3.31. The van der Waals surface area contributed by atoms with Gasteiger partial charge in [0.1, 0.15) is 11.8 Å². The molecule has 0 aliphatic heterocycles. The van der Waals surface area contributed by atoms with Crippen molar-refractivity contribution in [3.05, 3.63) is 63.3 Å². The fourth-order valence-corrected chi connectivity index (χ4v) is 1.79. The highest BCUT2D eigenvalue weighted by atomic mass is 79.9. The van der Waals surface area contributed by atoms with Gasteiger partial charge in [-0.1, -0.05) is 41.9 Å². The van der Waals surface area contributed by atoms with Crippen LogP contribution in [0, 0.1) is 0 Å². The van der Waals surface area contributed by atoms with Crippen LogP contribution in [0.25, 0.3) is 0 Å². The van der Waals surface area contributed by atoms with E-state index >= 15 is 0 Å². The van der Waals surface area contributed by atoms with E-state index in [4.69, 9.17) is 16.3 Å². The Bertz CT molecular complexity index is 560. The van der Waals surface area contributed by atoms with Crippen LogP contribution in [0.2, 0.25) is 5.15 Å². The molecule has 2 aromatic rings. The Labute approximate surface area is 118 Å². The van der Waals surface area contributed by atoms with Crippen LogP contribution in [-0.2, 0) is 11.3 Å². The molecule has 0 atom stereocenters. The highest BCUT2D eigenvalue weighted by molar-refractivity contribution is 9.10.